The van der Waals surface area contributed by atoms with Gasteiger partial charge in [0, 0.05) is 27.1 Å². The van der Waals surface area contributed by atoms with Crippen LogP contribution >= 0.6 is 0 Å². The van der Waals surface area contributed by atoms with Crippen LogP contribution in [0.15, 0.2) is 0 Å². The van der Waals surface area contributed by atoms with Crippen molar-refractivity contribution in [1.29, 1.82) is 0 Å². The smallest absolute Gasteiger partial charge is 0.160 e. The number of hydrogen-bond donors (Lipinski definition) is 0. The van der Waals surface area contributed by atoms with Crippen molar-refractivity contribution in [2.24, 2.45) is 0 Å². The molecule has 0 aromatic rings. The van der Waals surface area contributed by atoms with E-state index in [4.69, 9.17) is 14.2 Å². The first-order valence-electron chi connectivity index (χ1n) is 4.33. The molecule has 3 nitrogen and oxygen atoms in total. The van der Waals surface area contributed by atoms with Gasteiger partial charge in [-0.2, -0.15) is 0 Å². The van der Waals surface area contributed by atoms with E-state index < -0.39 is 0 Å². The van der Waals surface area contributed by atoms with E-state index in [1.807, 2.05) is 6.92 Å². The van der Waals surface area contributed by atoms with Crippen molar-refractivity contribution in [2.75, 3.05) is 14.2 Å². The quantitative estimate of drug-likeness (QED) is 0.636. The lowest BCUT2D eigenvalue weighted by Crippen LogP contribution is -2.44. The maximum atomic E-state index is 5.53. The summed E-state index contributed by atoms with van der Waals surface area (Å²) in [5, 5.41) is 0. The average Bonchev–Trinajstić information content (AvgIpc) is 2.03. The van der Waals surface area contributed by atoms with Gasteiger partial charge in [0.05, 0.1) is 11.7 Å². The molecular formula is C9H18O3. The molecule has 72 valence electrons. The molecule has 0 aliphatic carbocycles. The molecule has 0 aromatic carbocycles. The van der Waals surface area contributed by atoms with Gasteiger partial charge in [-0.3, -0.25) is 0 Å². The van der Waals surface area contributed by atoms with Gasteiger partial charge in [-0.05, 0) is 13.8 Å². The zero-order chi connectivity index (χ0) is 9.19. The van der Waals surface area contributed by atoms with Gasteiger partial charge in [0.2, 0.25) is 0 Å². The lowest BCUT2D eigenvalue weighted by molar-refractivity contribution is -0.227. The van der Waals surface area contributed by atoms with Gasteiger partial charge in [-0.1, -0.05) is 0 Å². The monoisotopic (exact) mass is 174 g/mol. The fourth-order valence-corrected chi connectivity index (χ4v) is 1.70. The topological polar surface area (TPSA) is 27.7 Å². The Morgan fingerprint density at radius 1 is 1.33 bits per heavy atom. The summed E-state index contributed by atoms with van der Waals surface area (Å²) in [5.74, 6) is 0. The van der Waals surface area contributed by atoms with Crippen LogP contribution < -0.4 is 0 Å². The molecule has 1 aliphatic rings. The molecule has 1 fully saturated rings. The summed E-state index contributed by atoms with van der Waals surface area (Å²) < 4.78 is 16.1. The first-order chi connectivity index (χ1) is 5.59. The van der Waals surface area contributed by atoms with Gasteiger partial charge in [-0.25, -0.2) is 0 Å². The number of methoxy groups -OCH3 is 2. The molecule has 3 atom stereocenters. The van der Waals surface area contributed by atoms with Crippen LogP contribution in [0, 0.1) is 0 Å². The molecule has 0 bridgehead atoms. The summed E-state index contributed by atoms with van der Waals surface area (Å²) in [6, 6.07) is 0. The highest BCUT2D eigenvalue weighted by Gasteiger charge is 2.36. The van der Waals surface area contributed by atoms with Crippen LogP contribution in [-0.2, 0) is 14.2 Å². The van der Waals surface area contributed by atoms with Gasteiger partial charge < -0.3 is 14.2 Å². The molecule has 3 heteroatoms. The average molecular weight is 174 g/mol. The van der Waals surface area contributed by atoms with Crippen molar-refractivity contribution in [1.82, 2.24) is 0 Å². The Morgan fingerprint density at radius 2 is 2.00 bits per heavy atom. The van der Waals surface area contributed by atoms with Gasteiger partial charge in [-0.15, -0.1) is 0 Å². The molecule has 1 rings (SSSR count). The van der Waals surface area contributed by atoms with Crippen LogP contribution in [0.2, 0.25) is 0 Å². The van der Waals surface area contributed by atoms with Crippen LogP contribution in [-0.4, -0.2) is 32.2 Å². The minimum Gasteiger partial charge on any atom is -0.378 e. The maximum absolute atomic E-state index is 5.53. The number of hydrogen-bond acceptors (Lipinski definition) is 3. The van der Waals surface area contributed by atoms with E-state index in [2.05, 4.69) is 6.92 Å². The van der Waals surface area contributed by atoms with E-state index in [-0.39, 0.29) is 18.0 Å². The fraction of sp³-hybridized carbons (Fsp3) is 1.00. The van der Waals surface area contributed by atoms with Gasteiger partial charge >= 0.3 is 0 Å². The van der Waals surface area contributed by atoms with Crippen molar-refractivity contribution < 1.29 is 14.2 Å². The molecule has 0 N–H and O–H groups in total. The highest BCUT2D eigenvalue weighted by molar-refractivity contribution is 4.83. The minimum atomic E-state index is -0.112. The van der Waals surface area contributed by atoms with Crippen LogP contribution in [0.25, 0.3) is 0 Å². The second kappa shape index (κ2) is 3.73. The Morgan fingerprint density at radius 3 is 2.50 bits per heavy atom. The summed E-state index contributed by atoms with van der Waals surface area (Å²) in [4.78, 5) is 0. The van der Waals surface area contributed by atoms with Gasteiger partial charge in [0.1, 0.15) is 0 Å². The predicted molar refractivity (Wildman–Crippen MR) is 46.0 cm³/mol. The molecule has 1 saturated heterocycles. The van der Waals surface area contributed by atoms with Crippen molar-refractivity contribution in [2.45, 2.75) is 44.7 Å². The Kier molecular flexibility index (Phi) is 3.09. The molecule has 0 amide bonds. The van der Waals surface area contributed by atoms with Crippen LogP contribution in [0.3, 0.4) is 0 Å². The fourth-order valence-electron chi connectivity index (χ4n) is 1.70. The summed E-state index contributed by atoms with van der Waals surface area (Å²) in [5.41, 5.74) is -0.0850. The third kappa shape index (κ3) is 2.19. The molecule has 0 saturated carbocycles. The predicted octanol–water partition coefficient (Wildman–Crippen LogP) is 1.56. The summed E-state index contributed by atoms with van der Waals surface area (Å²) in [6.45, 7) is 4.14. The summed E-state index contributed by atoms with van der Waals surface area (Å²) >= 11 is 0. The Hall–Kier alpha value is -0.120. The molecule has 1 aliphatic heterocycles. The number of ether oxygens (including phenoxy) is 3. The first-order valence-corrected chi connectivity index (χ1v) is 4.33. The molecule has 12 heavy (non-hydrogen) atoms. The highest BCUT2D eigenvalue weighted by atomic mass is 16.7. The van der Waals surface area contributed by atoms with Crippen molar-refractivity contribution in [3.63, 3.8) is 0 Å². The Labute approximate surface area is 74.0 Å². The third-order valence-corrected chi connectivity index (χ3v) is 2.46. The Bertz CT molecular complexity index is 149. The van der Waals surface area contributed by atoms with Crippen LogP contribution in [0.4, 0.5) is 0 Å². The molecule has 1 unspecified atom stereocenters. The van der Waals surface area contributed by atoms with Crippen LogP contribution in [0.5, 0.6) is 0 Å². The lowest BCUT2D eigenvalue weighted by atomic mass is 9.92. The van der Waals surface area contributed by atoms with E-state index in [1.165, 1.54) is 0 Å². The second-order valence-electron chi connectivity index (χ2n) is 3.67. The number of rotatable bonds is 2. The molecule has 1 heterocycles. The van der Waals surface area contributed by atoms with Crippen LogP contribution in [0.1, 0.15) is 26.7 Å². The minimum absolute atomic E-state index is 0.0850. The van der Waals surface area contributed by atoms with Crippen molar-refractivity contribution in [3.05, 3.63) is 0 Å². The molecule has 0 aromatic heterocycles. The van der Waals surface area contributed by atoms with E-state index in [0.29, 0.717) is 0 Å². The van der Waals surface area contributed by atoms with E-state index >= 15 is 0 Å². The second-order valence-corrected chi connectivity index (χ2v) is 3.67. The lowest BCUT2D eigenvalue weighted by Gasteiger charge is -2.39. The normalized spacial score (nSPS) is 43.0. The third-order valence-electron chi connectivity index (χ3n) is 2.46. The van der Waals surface area contributed by atoms with Crippen molar-refractivity contribution >= 4 is 0 Å². The van der Waals surface area contributed by atoms with Crippen molar-refractivity contribution in [3.8, 4) is 0 Å². The molecule has 0 radical (unpaired) electrons. The highest BCUT2D eigenvalue weighted by Crippen LogP contribution is 2.31. The standard InChI is InChI=1S/C9H18O3/c1-7-5-9(2,11-4)6-8(10-3)12-7/h7-8H,5-6H2,1-4H3/t7?,8-,9+/m1/s1. The zero-order valence-electron chi connectivity index (χ0n) is 8.29. The van der Waals surface area contributed by atoms with E-state index in [0.717, 1.165) is 12.8 Å². The van der Waals surface area contributed by atoms with E-state index in [1.54, 1.807) is 14.2 Å². The van der Waals surface area contributed by atoms with E-state index in [9.17, 15) is 0 Å². The summed E-state index contributed by atoms with van der Waals surface area (Å²) in [7, 11) is 3.41. The maximum Gasteiger partial charge on any atom is 0.160 e. The molecule has 0 spiro atoms. The first kappa shape index (κ1) is 9.96. The zero-order valence-corrected chi connectivity index (χ0v) is 8.29. The SMILES string of the molecule is CO[C@H]1C[C@@](C)(OC)CC(C)O1. The van der Waals surface area contributed by atoms with Gasteiger partial charge in [0.25, 0.3) is 0 Å². The molecular weight excluding hydrogens is 156 g/mol. The van der Waals surface area contributed by atoms with Gasteiger partial charge in [0.15, 0.2) is 6.29 Å². The Balaban J connectivity index is 2.56. The summed E-state index contributed by atoms with van der Waals surface area (Å²) in [6.07, 6.45) is 1.85. The largest absolute Gasteiger partial charge is 0.378 e.